The van der Waals surface area contributed by atoms with Crippen molar-refractivity contribution in [2.24, 2.45) is 11.8 Å². The third kappa shape index (κ3) is 8.81. The molecule has 0 aliphatic carbocycles. The van der Waals surface area contributed by atoms with E-state index in [1.807, 2.05) is 30.3 Å². The highest BCUT2D eigenvalue weighted by Gasteiger charge is 2.26. The number of nitrogens with one attached hydrogen (secondary N) is 4. The summed E-state index contributed by atoms with van der Waals surface area (Å²) in [6.07, 6.45) is 5.71. The molecule has 2 heterocycles. The van der Waals surface area contributed by atoms with Crippen LogP contribution in [-0.2, 0) is 12.8 Å². The minimum absolute atomic E-state index is 0.145. The summed E-state index contributed by atoms with van der Waals surface area (Å²) in [5.41, 5.74) is 1.64. The minimum Gasteiger partial charge on any atom is -0.494 e. The number of piperidine rings is 2. The van der Waals surface area contributed by atoms with Gasteiger partial charge in [-0.05, 0) is 125 Å². The Labute approximate surface area is 254 Å². The van der Waals surface area contributed by atoms with E-state index in [-0.39, 0.29) is 11.4 Å². The highest BCUT2D eigenvalue weighted by atomic mass is 16.5. The van der Waals surface area contributed by atoms with Crippen LogP contribution < -0.4 is 41.6 Å². The van der Waals surface area contributed by atoms with Gasteiger partial charge in [-0.1, -0.05) is 24.3 Å². The van der Waals surface area contributed by atoms with Crippen LogP contribution in [0.25, 0.3) is 0 Å². The average molecular weight is 591 g/mol. The summed E-state index contributed by atoms with van der Waals surface area (Å²) in [4.78, 5) is 24.8. The first kappa shape index (κ1) is 31.0. The maximum Gasteiger partial charge on any atom is 0.253 e. The Morgan fingerprint density at radius 3 is 2.09 bits per heavy atom. The fraction of sp³-hybridized carbons (Fsp3) is 0.529. The number of rotatable bonds is 15. The quantitative estimate of drug-likeness (QED) is 0.103. The highest BCUT2D eigenvalue weighted by Crippen LogP contribution is 2.24. The third-order valence-corrected chi connectivity index (χ3v) is 8.43. The van der Waals surface area contributed by atoms with E-state index in [4.69, 9.17) is 9.47 Å². The molecular weight excluding hydrogens is 544 g/mol. The molecule has 0 aromatic heterocycles. The van der Waals surface area contributed by atoms with Crippen LogP contribution in [0, 0.1) is 11.8 Å². The zero-order chi connectivity index (χ0) is 30.0. The lowest BCUT2D eigenvalue weighted by Crippen LogP contribution is -2.44. The van der Waals surface area contributed by atoms with Crippen molar-refractivity contribution in [2.75, 3.05) is 50.0 Å². The van der Waals surface area contributed by atoms with E-state index in [1.54, 1.807) is 6.92 Å². The molecule has 0 amide bonds. The number of hydrogen-bond donors (Lipinski definition) is 5. The molecule has 9 heteroatoms. The average Bonchev–Trinajstić information content (AvgIpc) is 3.02. The molecule has 5 N–H and O–H groups in total. The molecule has 9 nitrogen and oxygen atoms in total. The highest BCUT2D eigenvalue weighted by molar-refractivity contribution is 5.74. The van der Waals surface area contributed by atoms with Crippen LogP contribution in [0.15, 0.2) is 58.1 Å². The molecule has 2 aliphatic heterocycles. The van der Waals surface area contributed by atoms with Gasteiger partial charge in [-0.15, -0.1) is 0 Å². The van der Waals surface area contributed by atoms with Gasteiger partial charge in [-0.2, -0.15) is 0 Å². The monoisotopic (exact) mass is 590 g/mol. The van der Waals surface area contributed by atoms with Crippen LogP contribution in [0.4, 0.5) is 11.4 Å². The van der Waals surface area contributed by atoms with Crippen LogP contribution >= 0.6 is 0 Å². The summed E-state index contributed by atoms with van der Waals surface area (Å²) < 4.78 is 12.0. The molecule has 232 valence electrons. The fourth-order valence-electron chi connectivity index (χ4n) is 6.08. The second-order valence-electron chi connectivity index (χ2n) is 12.1. The molecule has 2 aliphatic rings. The Kier molecular flexibility index (Phi) is 11.1. The van der Waals surface area contributed by atoms with E-state index in [1.165, 1.54) is 36.8 Å². The Balaban J connectivity index is 1.10. The fourth-order valence-corrected chi connectivity index (χ4v) is 6.08. The van der Waals surface area contributed by atoms with Crippen molar-refractivity contribution in [1.29, 1.82) is 0 Å². The first-order chi connectivity index (χ1) is 21.0. The molecule has 3 aromatic carbocycles. The van der Waals surface area contributed by atoms with Crippen molar-refractivity contribution < 1.29 is 14.6 Å². The van der Waals surface area contributed by atoms with Crippen LogP contribution in [0.2, 0.25) is 0 Å². The molecule has 5 rings (SSSR count). The molecule has 0 saturated carbocycles. The van der Waals surface area contributed by atoms with Gasteiger partial charge in [0, 0.05) is 6.54 Å². The Bertz CT molecular complexity index is 1370. The van der Waals surface area contributed by atoms with Crippen molar-refractivity contribution >= 4 is 11.4 Å². The van der Waals surface area contributed by atoms with Crippen LogP contribution in [0.5, 0.6) is 11.5 Å². The first-order valence-corrected chi connectivity index (χ1v) is 15.9. The van der Waals surface area contributed by atoms with Gasteiger partial charge in [0.2, 0.25) is 0 Å². The molecule has 2 fully saturated rings. The van der Waals surface area contributed by atoms with Gasteiger partial charge in [-0.3, -0.25) is 9.59 Å². The van der Waals surface area contributed by atoms with Gasteiger partial charge >= 0.3 is 0 Å². The molecule has 0 bridgehead atoms. The summed E-state index contributed by atoms with van der Waals surface area (Å²) in [7, 11) is 0. The van der Waals surface area contributed by atoms with E-state index >= 15 is 0 Å². The van der Waals surface area contributed by atoms with Gasteiger partial charge in [0.25, 0.3) is 10.9 Å². The smallest absolute Gasteiger partial charge is 0.253 e. The summed E-state index contributed by atoms with van der Waals surface area (Å²) in [6.45, 7) is 6.81. The summed E-state index contributed by atoms with van der Waals surface area (Å²) in [5, 5.41) is 23.4. The molecular formula is C34H46N4O5. The zero-order valence-corrected chi connectivity index (χ0v) is 25.2. The normalized spacial score (nSPS) is 20.3. The Morgan fingerprint density at radius 1 is 0.884 bits per heavy atom. The molecule has 4 unspecified atom stereocenters. The molecule has 0 radical (unpaired) electrons. The van der Waals surface area contributed by atoms with E-state index in [0.29, 0.717) is 37.2 Å². The lowest BCUT2D eigenvalue weighted by Gasteiger charge is -2.26. The van der Waals surface area contributed by atoms with E-state index in [0.717, 1.165) is 44.8 Å². The largest absolute Gasteiger partial charge is 0.494 e. The van der Waals surface area contributed by atoms with Crippen LogP contribution in [-0.4, -0.2) is 56.8 Å². The second kappa shape index (κ2) is 15.4. The summed E-state index contributed by atoms with van der Waals surface area (Å²) >= 11 is 0. The topological polar surface area (TPSA) is 121 Å². The number of ether oxygens (including phenoxy) is 2. The van der Waals surface area contributed by atoms with Crippen molar-refractivity contribution in [3.8, 4) is 11.5 Å². The lowest BCUT2D eigenvalue weighted by atomic mass is 9.92. The van der Waals surface area contributed by atoms with Crippen molar-refractivity contribution in [2.45, 2.75) is 64.2 Å². The number of anilines is 2. The first-order valence-electron chi connectivity index (χ1n) is 15.9. The number of aliphatic hydroxyl groups excluding tert-OH is 1. The van der Waals surface area contributed by atoms with Crippen molar-refractivity contribution in [1.82, 2.24) is 10.6 Å². The molecule has 43 heavy (non-hydrogen) atoms. The molecule has 4 atom stereocenters. The minimum atomic E-state index is -0.929. The van der Waals surface area contributed by atoms with Gasteiger partial charge in [0.1, 0.15) is 29.0 Å². The predicted octanol–water partition coefficient (Wildman–Crippen LogP) is 3.45. The predicted molar refractivity (Wildman–Crippen MR) is 171 cm³/mol. The third-order valence-electron chi connectivity index (χ3n) is 8.43. The van der Waals surface area contributed by atoms with Gasteiger partial charge in [0.15, 0.2) is 6.23 Å². The van der Waals surface area contributed by atoms with Crippen LogP contribution in [0.3, 0.4) is 0 Å². The van der Waals surface area contributed by atoms with Gasteiger partial charge < -0.3 is 35.8 Å². The maximum atomic E-state index is 12.4. The Hall–Kier alpha value is -3.40. The molecule has 0 spiro atoms. The van der Waals surface area contributed by atoms with Gasteiger partial charge in [-0.25, -0.2) is 0 Å². The lowest BCUT2D eigenvalue weighted by molar-refractivity contribution is 0.0658. The number of benzene rings is 2. The van der Waals surface area contributed by atoms with E-state index in [9.17, 15) is 14.7 Å². The maximum absolute atomic E-state index is 12.4. The summed E-state index contributed by atoms with van der Waals surface area (Å²) in [5.74, 6) is 2.70. The molecule has 2 saturated heterocycles. The van der Waals surface area contributed by atoms with E-state index in [2.05, 4.69) is 39.5 Å². The van der Waals surface area contributed by atoms with E-state index < -0.39 is 23.2 Å². The Morgan fingerprint density at radius 2 is 1.49 bits per heavy atom. The van der Waals surface area contributed by atoms with Crippen LogP contribution in [0.1, 0.15) is 50.2 Å². The summed E-state index contributed by atoms with van der Waals surface area (Å²) in [6, 6.07) is 16.1. The zero-order valence-electron chi connectivity index (χ0n) is 25.2. The second-order valence-corrected chi connectivity index (χ2v) is 12.1. The van der Waals surface area contributed by atoms with Gasteiger partial charge in [0.05, 0.1) is 6.61 Å². The van der Waals surface area contributed by atoms with Crippen molar-refractivity contribution in [3.63, 3.8) is 0 Å². The SMILES string of the molecule is CC(O)C(Nc1c(NCCCOc2cccc(CC3CCCNC3)c2)c(=O)c1=O)Oc1cccc(CC2CCCNC2)c1. The van der Waals surface area contributed by atoms with Crippen molar-refractivity contribution in [3.05, 3.63) is 80.1 Å². The molecule has 3 aromatic rings. The number of hydrogen-bond acceptors (Lipinski definition) is 9. The standard InChI is InChI=1S/C34H46N4O5/c1-23(39)34(43-29-12-3-8-25(20-29)18-27-10-5-14-36-22-27)38-31-30(32(40)33(31)41)37-15-6-16-42-28-11-2-7-24(19-28)17-26-9-4-13-35-21-26/h2-3,7-8,11-12,19-20,23,26-27,34-39H,4-6,9-10,13-18,21-22H2,1H3. The number of aliphatic hydroxyl groups is 1.